The van der Waals surface area contributed by atoms with Gasteiger partial charge < -0.3 is 10.8 Å². The van der Waals surface area contributed by atoms with Gasteiger partial charge in [-0.3, -0.25) is 4.90 Å². The summed E-state index contributed by atoms with van der Waals surface area (Å²) in [5.74, 6) is 0. The molecule has 0 unspecified atom stereocenters. The second-order valence-electron chi connectivity index (χ2n) is 5.34. The van der Waals surface area contributed by atoms with Crippen molar-refractivity contribution in [2.75, 3.05) is 13.1 Å². The third-order valence-electron chi connectivity index (χ3n) is 3.55. The zero-order valence-corrected chi connectivity index (χ0v) is 11.5. The van der Waals surface area contributed by atoms with Crippen molar-refractivity contribution < 1.29 is 5.11 Å². The average molecular weight is 264 g/mol. The van der Waals surface area contributed by atoms with Crippen LogP contribution in [0.2, 0.25) is 0 Å². The van der Waals surface area contributed by atoms with Crippen molar-refractivity contribution in [2.45, 2.75) is 31.9 Å². The molecule has 0 amide bonds. The molecule has 0 radical (unpaired) electrons. The van der Waals surface area contributed by atoms with Crippen LogP contribution in [0.15, 0.2) is 24.3 Å². The fourth-order valence-electron chi connectivity index (χ4n) is 2.27. The van der Waals surface area contributed by atoms with Gasteiger partial charge in [-0.15, -0.1) is 0 Å². The lowest BCUT2D eigenvalue weighted by atomic mass is 9.93. The van der Waals surface area contributed by atoms with E-state index in [1.165, 1.54) is 5.56 Å². The van der Waals surface area contributed by atoms with Gasteiger partial charge in [-0.25, -0.2) is 0 Å². The van der Waals surface area contributed by atoms with E-state index in [1.807, 2.05) is 19.1 Å². The molecule has 1 aromatic carbocycles. The van der Waals surface area contributed by atoms with Gasteiger partial charge in [0.2, 0.25) is 0 Å². The summed E-state index contributed by atoms with van der Waals surface area (Å²) < 4.78 is 0. The van der Waals surface area contributed by atoms with E-state index in [0.29, 0.717) is 4.99 Å². The Balaban J connectivity index is 1.98. The van der Waals surface area contributed by atoms with Crippen LogP contribution in [0.4, 0.5) is 0 Å². The fraction of sp³-hybridized carbons (Fsp3) is 0.500. The van der Waals surface area contributed by atoms with Crippen LogP contribution in [-0.2, 0) is 6.54 Å². The molecule has 2 rings (SSSR count). The highest BCUT2D eigenvalue weighted by Crippen LogP contribution is 2.22. The molecule has 1 aliphatic heterocycles. The number of piperidine rings is 1. The Morgan fingerprint density at radius 3 is 2.72 bits per heavy atom. The molecule has 1 fully saturated rings. The number of nitrogens with two attached hydrogens (primary N) is 1. The lowest BCUT2D eigenvalue weighted by molar-refractivity contribution is -0.00730. The van der Waals surface area contributed by atoms with Gasteiger partial charge in [-0.1, -0.05) is 30.4 Å². The number of benzene rings is 1. The maximum Gasteiger partial charge on any atom is 0.103 e. The van der Waals surface area contributed by atoms with E-state index in [2.05, 4.69) is 17.0 Å². The van der Waals surface area contributed by atoms with E-state index in [4.69, 9.17) is 18.0 Å². The minimum absolute atomic E-state index is 0.443. The predicted molar refractivity (Wildman–Crippen MR) is 77.5 cm³/mol. The molecule has 1 heterocycles. The molecule has 0 bridgehead atoms. The highest BCUT2D eigenvalue weighted by molar-refractivity contribution is 7.80. The number of hydrogen-bond donors (Lipinski definition) is 2. The number of rotatable bonds is 3. The molecule has 1 aliphatic rings. The molecule has 0 atom stereocenters. The Labute approximate surface area is 114 Å². The highest BCUT2D eigenvalue weighted by Gasteiger charge is 2.27. The molecule has 3 N–H and O–H groups in total. The van der Waals surface area contributed by atoms with Crippen LogP contribution in [-0.4, -0.2) is 33.7 Å². The molecule has 0 saturated carbocycles. The summed E-state index contributed by atoms with van der Waals surface area (Å²) in [6.07, 6.45) is 1.67. The molecular weight excluding hydrogens is 244 g/mol. The van der Waals surface area contributed by atoms with Crippen LogP contribution in [0, 0.1) is 0 Å². The van der Waals surface area contributed by atoms with Crippen molar-refractivity contribution in [3.63, 3.8) is 0 Å². The van der Waals surface area contributed by atoms with Gasteiger partial charge in [0.1, 0.15) is 4.99 Å². The monoisotopic (exact) mass is 264 g/mol. The summed E-state index contributed by atoms with van der Waals surface area (Å²) >= 11 is 4.99. The molecule has 18 heavy (non-hydrogen) atoms. The van der Waals surface area contributed by atoms with Crippen LogP contribution in [0.1, 0.15) is 30.9 Å². The van der Waals surface area contributed by atoms with E-state index in [1.54, 1.807) is 0 Å². The molecule has 1 aromatic rings. The Bertz CT molecular complexity index is 435. The third-order valence-corrected chi connectivity index (χ3v) is 3.79. The number of likely N-dealkylation sites (tertiary alicyclic amines) is 1. The SMILES string of the molecule is CC1(O)CCN(Cc2cccc(C(N)=S)c2)CC1. The van der Waals surface area contributed by atoms with Gasteiger partial charge >= 0.3 is 0 Å². The minimum Gasteiger partial charge on any atom is -0.390 e. The molecule has 1 saturated heterocycles. The van der Waals surface area contributed by atoms with Crippen LogP contribution >= 0.6 is 12.2 Å². The van der Waals surface area contributed by atoms with Gasteiger partial charge in [0, 0.05) is 25.2 Å². The van der Waals surface area contributed by atoms with E-state index in [0.717, 1.165) is 38.0 Å². The largest absolute Gasteiger partial charge is 0.390 e. The van der Waals surface area contributed by atoms with E-state index in [-0.39, 0.29) is 0 Å². The van der Waals surface area contributed by atoms with E-state index in [9.17, 15) is 5.11 Å². The van der Waals surface area contributed by atoms with E-state index >= 15 is 0 Å². The smallest absolute Gasteiger partial charge is 0.103 e. The van der Waals surface area contributed by atoms with Crippen molar-refractivity contribution in [2.24, 2.45) is 5.73 Å². The van der Waals surface area contributed by atoms with Gasteiger partial charge in [0.15, 0.2) is 0 Å². The summed E-state index contributed by atoms with van der Waals surface area (Å²) in [5.41, 5.74) is 7.29. The number of aliphatic hydroxyl groups is 1. The minimum atomic E-state index is -0.489. The topological polar surface area (TPSA) is 49.5 Å². The maximum atomic E-state index is 9.91. The van der Waals surface area contributed by atoms with Gasteiger partial charge in [-0.05, 0) is 31.4 Å². The van der Waals surface area contributed by atoms with Crippen LogP contribution in [0.5, 0.6) is 0 Å². The molecule has 0 aliphatic carbocycles. The lowest BCUT2D eigenvalue weighted by Crippen LogP contribution is -2.41. The maximum absolute atomic E-state index is 9.91. The Morgan fingerprint density at radius 2 is 2.11 bits per heavy atom. The summed E-state index contributed by atoms with van der Waals surface area (Å²) in [6, 6.07) is 8.07. The molecular formula is C14H20N2OS. The molecule has 3 nitrogen and oxygen atoms in total. The molecule has 0 spiro atoms. The first-order chi connectivity index (χ1) is 8.46. The van der Waals surface area contributed by atoms with E-state index < -0.39 is 5.60 Å². The summed E-state index contributed by atoms with van der Waals surface area (Å²) in [4.78, 5) is 2.80. The van der Waals surface area contributed by atoms with Crippen molar-refractivity contribution in [1.82, 2.24) is 4.90 Å². The second-order valence-corrected chi connectivity index (χ2v) is 5.78. The first-order valence-electron chi connectivity index (χ1n) is 6.30. The van der Waals surface area contributed by atoms with Gasteiger partial charge in [0.25, 0.3) is 0 Å². The van der Waals surface area contributed by atoms with Crippen molar-refractivity contribution in [1.29, 1.82) is 0 Å². The van der Waals surface area contributed by atoms with Crippen LogP contribution in [0.3, 0.4) is 0 Å². The number of hydrogen-bond acceptors (Lipinski definition) is 3. The zero-order valence-electron chi connectivity index (χ0n) is 10.7. The van der Waals surface area contributed by atoms with Crippen LogP contribution in [0.25, 0.3) is 0 Å². The second kappa shape index (κ2) is 5.34. The highest BCUT2D eigenvalue weighted by atomic mass is 32.1. The van der Waals surface area contributed by atoms with Crippen molar-refractivity contribution >= 4 is 17.2 Å². The summed E-state index contributed by atoms with van der Waals surface area (Å²) in [7, 11) is 0. The number of nitrogens with zero attached hydrogens (tertiary/aromatic N) is 1. The third kappa shape index (κ3) is 3.51. The lowest BCUT2D eigenvalue weighted by Gasteiger charge is -2.35. The predicted octanol–water partition coefficient (Wildman–Crippen LogP) is 1.67. The molecule has 98 valence electrons. The molecule has 0 aromatic heterocycles. The quantitative estimate of drug-likeness (QED) is 0.815. The van der Waals surface area contributed by atoms with Crippen LogP contribution < -0.4 is 5.73 Å². The van der Waals surface area contributed by atoms with Crippen molar-refractivity contribution in [3.8, 4) is 0 Å². The Morgan fingerprint density at radius 1 is 1.44 bits per heavy atom. The van der Waals surface area contributed by atoms with Gasteiger partial charge in [0.05, 0.1) is 5.60 Å². The Kier molecular flexibility index (Phi) is 4.00. The van der Waals surface area contributed by atoms with Gasteiger partial charge in [-0.2, -0.15) is 0 Å². The average Bonchev–Trinajstić information content (AvgIpc) is 2.32. The first kappa shape index (κ1) is 13.5. The summed E-state index contributed by atoms with van der Waals surface area (Å²) in [5, 5.41) is 9.91. The fourth-order valence-corrected chi connectivity index (χ4v) is 2.40. The normalized spacial score (nSPS) is 19.7. The Hall–Kier alpha value is -0.970. The first-order valence-corrected chi connectivity index (χ1v) is 6.71. The summed E-state index contributed by atoms with van der Waals surface area (Å²) in [6.45, 7) is 4.68. The van der Waals surface area contributed by atoms with Crippen molar-refractivity contribution in [3.05, 3.63) is 35.4 Å². The zero-order chi connectivity index (χ0) is 13.2. The number of thiocarbonyl (C=S) groups is 1. The molecule has 4 heteroatoms. The standard InChI is InChI=1S/C14H20N2OS/c1-14(17)5-7-16(8-6-14)10-11-3-2-4-12(9-11)13(15)18/h2-4,9,17H,5-8,10H2,1H3,(H2,15,18).